The van der Waals surface area contributed by atoms with E-state index in [1.807, 2.05) is 18.7 Å². The van der Waals surface area contributed by atoms with Crippen molar-refractivity contribution in [3.63, 3.8) is 0 Å². The van der Waals surface area contributed by atoms with Crippen LogP contribution in [0.4, 0.5) is 0 Å². The predicted molar refractivity (Wildman–Crippen MR) is 59.5 cm³/mol. The van der Waals surface area contributed by atoms with Crippen LogP contribution in [0.15, 0.2) is 0 Å². The van der Waals surface area contributed by atoms with Gasteiger partial charge in [0.2, 0.25) is 11.8 Å². The molecule has 5 heteroatoms. The molecule has 1 saturated heterocycles. The van der Waals surface area contributed by atoms with Crippen LogP contribution in [0.25, 0.3) is 0 Å². The molecule has 2 unspecified atom stereocenters. The zero-order valence-electron chi connectivity index (χ0n) is 9.82. The Morgan fingerprint density at radius 3 is 2.62 bits per heavy atom. The van der Waals surface area contributed by atoms with E-state index in [1.165, 1.54) is 0 Å². The molecule has 1 aliphatic heterocycles. The topological polar surface area (TPSA) is 75.4 Å². The van der Waals surface area contributed by atoms with Crippen LogP contribution in [0.3, 0.4) is 0 Å². The third kappa shape index (κ3) is 1.74. The molecule has 2 amide bonds. The van der Waals surface area contributed by atoms with Gasteiger partial charge in [-0.25, -0.2) is 0 Å². The number of rotatable bonds is 1. The largest absolute Gasteiger partial charge is 0.326 e. The van der Waals surface area contributed by atoms with Crippen molar-refractivity contribution < 1.29 is 9.59 Å². The highest BCUT2D eigenvalue weighted by Crippen LogP contribution is 2.30. The van der Waals surface area contributed by atoms with Crippen molar-refractivity contribution in [1.82, 2.24) is 10.2 Å². The van der Waals surface area contributed by atoms with Crippen LogP contribution < -0.4 is 11.1 Å². The van der Waals surface area contributed by atoms with Crippen LogP contribution >= 0.6 is 0 Å². The molecule has 16 heavy (non-hydrogen) atoms. The molecular weight excluding hydrogens is 206 g/mol. The molecule has 3 N–H and O–H groups in total. The second-order valence-electron chi connectivity index (χ2n) is 5.23. The lowest BCUT2D eigenvalue weighted by molar-refractivity contribution is -0.147. The Morgan fingerprint density at radius 1 is 1.38 bits per heavy atom. The van der Waals surface area contributed by atoms with Crippen molar-refractivity contribution in [3.8, 4) is 0 Å². The van der Waals surface area contributed by atoms with Gasteiger partial charge in [0.1, 0.15) is 0 Å². The normalized spacial score (nSPS) is 35.2. The third-order valence-corrected chi connectivity index (χ3v) is 3.77. The molecule has 2 fully saturated rings. The lowest BCUT2D eigenvalue weighted by Gasteiger charge is -2.45. The van der Waals surface area contributed by atoms with Gasteiger partial charge in [-0.3, -0.25) is 19.8 Å². The Labute approximate surface area is 95.3 Å². The quantitative estimate of drug-likeness (QED) is 0.596. The third-order valence-electron chi connectivity index (χ3n) is 3.77. The second-order valence-corrected chi connectivity index (χ2v) is 5.23. The van der Waals surface area contributed by atoms with E-state index in [9.17, 15) is 9.59 Å². The molecule has 0 aromatic carbocycles. The Kier molecular flexibility index (Phi) is 2.75. The van der Waals surface area contributed by atoms with Crippen LogP contribution in [0.1, 0.15) is 33.1 Å². The molecule has 1 heterocycles. The fraction of sp³-hybridized carbons (Fsp3) is 0.818. The second kappa shape index (κ2) is 3.82. The highest BCUT2D eigenvalue weighted by atomic mass is 16.2. The summed E-state index contributed by atoms with van der Waals surface area (Å²) < 4.78 is 0. The summed E-state index contributed by atoms with van der Waals surface area (Å²) in [5.41, 5.74) is 5.40. The van der Waals surface area contributed by atoms with Crippen molar-refractivity contribution in [3.05, 3.63) is 0 Å². The van der Waals surface area contributed by atoms with Crippen LogP contribution in [0.5, 0.6) is 0 Å². The van der Waals surface area contributed by atoms with Crippen LogP contribution in [-0.2, 0) is 9.59 Å². The SMILES string of the molecule is CC1(C)C(=O)NC(=O)CN1C1CCCC1N. The van der Waals surface area contributed by atoms with E-state index in [4.69, 9.17) is 5.73 Å². The molecule has 1 aliphatic carbocycles. The highest BCUT2D eigenvalue weighted by molar-refractivity contribution is 6.03. The van der Waals surface area contributed by atoms with E-state index in [0.29, 0.717) is 0 Å². The first-order chi connectivity index (χ1) is 7.43. The Balaban J connectivity index is 2.23. The molecular formula is C11H19N3O2. The summed E-state index contributed by atoms with van der Waals surface area (Å²) in [5.74, 6) is -0.439. The number of piperazine rings is 1. The first kappa shape index (κ1) is 11.5. The molecule has 0 bridgehead atoms. The highest BCUT2D eigenvalue weighted by Gasteiger charge is 2.46. The summed E-state index contributed by atoms with van der Waals surface area (Å²) in [4.78, 5) is 25.2. The van der Waals surface area contributed by atoms with Crippen molar-refractivity contribution in [2.75, 3.05) is 6.54 Å². The maximum absolute atomic E-state index is 11.8. The number of carbonyl (C=O) groups excluding carboxylic acids is 2. The summed E-state index contributed by atoms with van der Waals surface area (Å²) in [7, 11) is 0. The molecule has 2 atom stereocenters. The Bertz CT molecular complexity index is 327. The van der Waals surface area contributed by atoms with Gasteiger partial charge < -0.3 is 5.73 Å². The molecule has 90 valence electrons. The average Bonchev–Trinajstić information content (AvgIpc) is 2.58. The van der Waals surface area contributed by atoms with E-state index >= 15 is 0 Å². The maximum Gasteiger partial charge on any atom is 0.246 e. The minimum absolute atomic E-state index is 0.0815. The lowest BCUT2D eigenvalue weighted by atomic mass is 9.94. The molecule has 5 nitrogen and oxygen atoms in total. The standard InChI is InChI=1S/C11H19N3O2/c1-11(2)10(16)13-9(15)6-14(11)8-5-3-4-7(8)12/h7-8H,3-6,12H2,1-2H3,(H,13,15,16). The first-order valence-corrected chi connectivity index (χ1v) is 5.79. The number of nitrogens with one attached hydrogen (secondary N) is 1. The number of nitrogens with two attached hydrogens (primary N) is 1. The van der Waals surface area contributed by atoms with Crippen LogP contribution in [0, 0.1) is 0 Å². The molecule has 2 rings (SSSR count). The Hall–Kier alpha value is -0.940. The number of hydrogen-bond donors (Lipinski definition) is 2. The fourth-order valence-corrected chi connectivity index (χ4v) is 2.69. The van der Waals surface area contributed by atoms with Crippen molar-refractivity contribution >= 4 is 11.8 Å². The molecule has 0 spiro atoms. The van der Waals surface area contributed by atoms with Gasteiger partial charge in [-0.1, -0.05) is 6.42 Å². The smallest absolute Gasteiger partial charge is 0.246 e. The summed E-state index contributed by atoms with van der Waals surface area (Å²) in [6.07, 6.45) is 3.03. The van der Waals surface area contributed by atoms with E-state index in [-0.39, 0.29) is 30.4 Å². The van der Waals surface area contributed by atoms with Crippen molar-refractivity contribution in [1.29, 1.82) is 0 Å². The molecule has 0 aromatic rings. The monoisotopic (exact) mass is 225 g/mol. The van der Waals surface area contributed by atoms with Gasteiger partial charge in [0.05, 0.1) is 12.1 Å². The molecule has 0 aromatic heterocycles. The zero-order chi connectivity index (χ0) is 11.9. The van der Waals surface area contributed by atoms with Gasteiger partial charge in [0.25, 0.3) is 0 Å². The minimum atomic E-state index is -0.638. The summed E-state index contributed by atoms with van der Waals surface area (Å²) in [6, 6.07) is 0.239. The average molecular weight is 225 g/mol. The Morgan fingerprint density at radius 2 is 2.06 bits per heavy atom. The molecule has 2 aliphatic rings. The number of imide groups is 1. The fourth-order valence-electron chi connectivity index (χ4n) is 2.69. The van der Waals surface area contributed by atoms with Crippen LogP contribution in [0.2, 0.25) is 0 Å². The number of nitrogens with zero attached hydrogens (tertiary/aromatic N) is 1. The molecule has 1 saturated carbocycles. The molecule has 0 radical (unpaired) electrons. The van der Waals surface area contributed by atoms with Gasteiger partial charge in [-0.2, -0.15) is 0 Å². The van der Waals surface area contributed by atoms with Crippen molar-refractivity contribution in [2.45, 2.75) is 50.7 Å². The van der Waals surface area contributed by atoms with E-state index < -0.39 is 5.54 Å². The van der Waals surface area contributed by atoms with E-state index in [2.05, 4.69) is 5.32 Å². The summed E-state index contributed by atoms with van der Waals surface area (Å²) in [6.45, 7) is 3.97. The summed E-state index contributed by atoms with van der Waals surface area (Å²) in [5, 5.41) is 2.38. The number of hydrogen-bond acceptors (Lipinski definition) is 4. The van der Waals surface area contributed by atoms with E-state index in [1.54, 1.807) is 0 Å². The zero-order valence-corrected chi connectivity index (χ0v) is 9.82. The minimum Gasteiger partial charge on any atom is -0.326 e. The van der Waals surface area contributed by atoms with Gasteiger partial charge in [-0.15, -0.1) is 0 Å². The lowest BCUT2D eigenvalue weighted by Crippen LogP contribution is -2.68. The summed E-state index contributed by atoms with van der Waals surface area (Å²) >= 11 is 0. The number of carbonyl (C=O) groups is 2. The predicted octanol–water partition coefficient (Wildman–Crippen LogP) is -0.397. The van der Waals surface area contributed by atoms with Gasteiger partial charge in [0.15, 0.2) is 0 Å². The van der Waals surface area contributed by atoms with Crippen molar-refractivity contribution in [2.24, 2.45) is 5.73 Å². The van der Waals surface area contributed by atoms with Gasteiger partial charge >= 0.3 is 0 Å². The maximum atomic E-state index is 11.8. The van der Waals surface area contributed by atoms with Gasteiger partial charge in [0, 0.05) is 12.1 Å². The van der Waals surface area contributed by atoms with E-state index in [0.717, 1.165) is 19.3 Å². The number of amides is 2. The van der Waals surface area contributed by atoms with Gasteiger partial charge in [-0.05, 0) is 26.7 Å². The first-order valence-electron chi connectivity index (χ1n) is 5.79. The van der Waals surface area contributed by atoms with Crippen LogP contribution in [-0.4, -0.2) is 40.9 Å².